The first-order chi connectivity index (χ1) is 12.9. The third-order valence-corrected chi connectivity index (χ3v) is 8.23. The van der Waals surface area contributed by atoms with Gasteiger partial charge in [-0.1, -0.05) is 6.07 Å². The Hall–Kier alpha value is -1.19. The number of hydrogen-bond donors (Lipinski definition) is 0. The number of ether oxygens (including phenoxy) is 2. The van der Waals surface area contributed by atoms with E-state index < -0.39 is 10.2 Å². The van der Waals surface area contributed by atoms with Crippen LogP contribution < -0.4 is 4.74 Å². The van der Waals surface area contributed by atoms with Crippen LogP contribution in [0.25, 0.3) is 0 Å². The van der Waals surface area contributed by atoms with Crippen LogP contribution in [0.15, 0.2) is 18.2 Å². The van der Waals surface area contributed by atoms with E-state index in [0.717, 1.165) is 25.3 Å². The summed E-state index contributed by atoms with van der Waals surface area (Å²) < 4.78 is 40.9. The van der Waals surface area contributed by atoms with Crippen LogP contribution >= 0.6 is 0 Å². The highest BCUT2D eigenvalue weighted by atomic mass is 32.2. The maximum atomic E-state index is 13.0. The van der Waals surface area contributed by atoms with Gasteiger partial charge < -0.3 is 14.4 Å². The van der Waals surface area contributed by atoms with Crippen molar-refractivity contribution in [2.45, 2.75) is 24.9 Å². The van der Waals surface area contributed by atoms with Crippen molar-refractivity contribution in [1.82, 2.24) is 13.5 Å². The van der Waals surface area contributed by atoms with Gasteiger partial charge in [-0.3, -0.25) is 0 Å². The molecule has 0 amide bonds. The molecular formula is C19H29N3O4S. The molecule has 0 unspecified atom stereocenters. The predicted molar refractivity (Wildman–Crippen MR) is 103 cm³/mol. The maximum absolute atomic E-state index is 13.0. The molecule has 0 atom stereocenters. The molecule has 7 nitrogen and oxygen atoms in total. The van der Waals surface area contributed by atoms with E-state index in [4.69, 9.17) is 9.47 Å². The molecule has 0 bridgehead atoms. The molecular weight excluding hydrogens is 366 g/mol. The summed E-state index contributed by atoms with van der Waals surface area (Å²) in [5.74, 6) is 0.862. The molecule has 27 heavy (non-hydrogen) atoms. The molecule has 1 spiro atoms. The quantitative estimate of drug-likeness (QED) is 0.766. The molecule has 8 heteroatoms. The van der Waals surface area contributed by atoms with Gasteiger partial charge in [-0.15, -0.1) is 0 Å². The number of fused-ring (bicyclic) bond motifs is 2. The molecule has 3 heterocycles. The minimum atomic E-state index is -3.39. The Balaban J connectivity index is 1.49. The normalized spacial score (nSPS) is 24.7. The van der Waals surface area contributed by atoms with Crippen LogP contribution in [0.1, 0.15) is 24.0 Å². The number of hydrogen-bond acceptors (Lipinski definition) is 5. The molecule has 3 aliphatic heterocycles. The average molecular weight is 396 g/mol. The number of methoxy groups -OCH3 is 1. The highest BCUT2D eigenvalue weighted by Crippen LogP contribution is 2.43. The largest absolute Gasteiger partial charge is 0.497 e. The molecule has 1 aromatic rings. The lowest BCUT2D eigenvalue weighted by Crippen LogP contribution is -2.55. The van der Waals surface area contributed by atoms with Crippen LogP contribution in [0.4, 0.5) is 0 Å². The number of nitrogens with zero attached hydrogens (tertiary/aromatic N) is 3. The zero-order valence-electron chi connectivity index (χ0n) is 16.2. The zero-order chi connectivity index (χ0) is 19.1. The van der Waals surface area contributed by atoms with E-state index in [1.807, 2.05) is 13.1 Å². The van der Waals surface area contributed by atoms with Gasteiger partial charge in [-0.25, -0.2) is 0 Å². The van der Waals surface area contributed by atoms with Crippen molar-refractivity contribution >= 4 is 10.2 Å². The SMILES string of the molecule is COc1ccc2c(c1)CCOC21CCN(S(=O)(=O)N2CCN(C)CC2)CC1. The first kappa shape index (κ1) is 19.1. The van der Waals surface area contributed by atoms with E-state index in [0.29, 0.717) is 45.6 Å². The van der Waals surface area contributed by atoms with Crippen LogP contribution in [-0.4, -0.2) is 82.0 Å². The highest BCUT2D eigenvalue weighted by Gasteiger charge is 2.44. The summed E-state index contributed by atoms with van der Waals surface area (Å²) in [5, 5.41) is 0. The standard InChI is InChI=1S/C19H29N3O4S/c1-20-10-12-22(13-11-20)27(23,24)21-8-6-19(7-9-21)18-4-3-17(25-2)15-16(18)5-14-26-19/h3-4,15H,5-14H2,1-2H3. The number of piperidine rings is 1. The Morgan fingerprint density at radius 3 is 2.37 bits per heavy atom. The monoisotopic (exact) mass is 395 g/mol. The van der Waals surface area contributed by atoms with Crippen molar-refractivity contribution in [2.24, 2.45) is 0 Å². The second-order valence-corrected chi connectivity index (χ2v) is 9.65. The van der Waals surface area contributed by atoms with Gasteiger partial charge in [0, 0.05) is 39.3 Å². The Morgan fingerprint density at radius 2 is 1.70 bits per heavy atom. The minimum absolute atomic E-state index is 0.367. The van der Waals surface area contributed by atoms with Gasteiger partial charge in [0.25, 0.3) is 10.2 Å². The second-order valence-electron chi connectivity index (χ2n) is 7.72. The molecule has 150 valence electrons. The van der Waals surface area contributed by atoms with Gasteiger partial charge in [-0.2, -0.15) is 17.0 Å². The summed E-state index contributed by atoms with van der Waals surface area (Å²) >= 11 is 0. The summed E-state index contributed by atoms with van der Waals surface area (Å²) in [6.45, 7) is 4.38. The molecule has 0 N–H and O–H groups in total. The van der Waals surface area contributed by atoms with E-state index >= 15 is 0 Å². The summed E-state index contributed by atoms with van der Waals surface area (Å²) in [6, 6.07) is 6.16. The molecule has 0 aromatic heterocycles. The lowest BCUT2D eigenvalue weighted by Gasteiger charge is -2.45. The smallest absolute Gasteiger partial charge is 0.282 e. The highest BCUT2D eigenvalue weighted by molar-refractivity contribution is 7.86. The maximum Gasteiger partial charge on any atom is 0.282 e. The third kappa shape index (κ3) is 3.49. The Morgan fingerprint density at radius 1 is 1.04 bits per heavy atom. The number of piperazine rings is 1. The Kier molecular flexibility index (Phi) is 5.20. The van der Waals surface area contributed by atoms with Gasteiger partial charge in [0.15, 0.2) is 0 Å². The topological polar surface area (TPSA) is 62.3 Å². The number of likely N-dealkylation sites (N-methyl/N-ethyl adjacent to an activating group) is 1. The van der Waals surface area contributed by atoms with Crippen molar-refractivity contribution in [2.75, 3.05) is 60.0 Å². The van der Waals surface area contributed by atoms with Gasteiger partial charge in [-0.05, 0) is 49.6 Å². The lowest BCUT2D eigenvalue weighted by atomic mass is 9.80. The van der Waals surface area contributed by atoms with Crippen molar-refractivity contribution in [1.29, 1.82) is 0 Å². The van der Waals surface area contributed by atoms with Crippen LogP contribution in [0.3, 0.4) is 0 Å². The molecule has 0 saturated carbocycles. The van der Waals surface area contributed by atoms with Gasteiger partial charge >= 0.3 is 0 Å². The van der Waals surface area contributed by atoms with Crippen molar-refractivity contribution < 1.29 is 17.9 Å². The molecule has 3 aliphatic rings. The average Bonchev–Trinajstić information content (AvgIpc) is 2.68. The Bertz CT molecular complexity index is 782. The molecule has 0 aliphatic carbocycles. The molecule has 0 radical (unpaired) electrons. The molecule has 4 rings (SSSR count). The summed E-state index contributed by atoms with van der Waals surface area (Å²) in [4.78, 5) is 2.16. The van der Waals surface area contributed by atoms with Gasteiger partial charge in [0.05, 0.1) is 19.3 Å². The fraction of sp³-hybridized carbons (Fsp3) is 0.684. The first-order valence-corrected chi connectivity index (χ1v) is 11.1. The zero-order valence-corrected chi connectivity index (χ0v) is 17.0. The van der Waals surface area contributed by atoms with E-state index in [1.54, 1.807) is 15.7 Å². The van der Waals surface area contributed by atoms with Crippen LogP contribution in [0.5, 0.6) is 5.75 Å². The lowest BCUT2D eigenvalue weighted by molar-refractivity contribution is -0.0896. The predicted octanol–water partition coefficient (Wildman–Crippen LogP) is 1.05. The molecule has 2 fully saturated rings. The second kappa shape index (κ2) is 7.33. The van der Waals surface area contributed by atoms with E-state index in [1.165, 1.54) is 11.1 Å². The summed E-state index contributed by atoms with van der Waals surface area (Å²) in [6.07, 6.45) is 2.26. The van der Waals surface area contributed by atoms with Gasteiger partial charge in [0.1, 0.15) is 5.75 Å². The first-order valence-electron chi connectivity index (χ1n) is 9.70. The fourth-order valence-electron chi connectivity index (χ4n) is 4.46. The van der Waals surface area contributed by atoms with Crippen molar-refractivity contribution in [3.8, 4) is 5.75 Å². The molecule has 2 saturated heterocycles. The van der Waals surface area contributed by atoms with E-state index in [2.05, 4.69) is 17.0 Å². The summed E-state index contributed by atoms with van der Waals surface area (Å²) in [5.41, 5.74) is 2.09. The minimum Gasteiger partial charge on any atom is -0.497 e. The number of benzene rings is 1. The van der Waals surface area contributed by atoms with Crippen molar-refractivity contribution in [3.63, 3.8) is 0 Å². The number of rotatable bonds is 3. The van der Waals surface area contributed by atoms with E-state index in [-0.39, 0.29) is 5.60 Å². The Labute approximate surface area is 162 Å². The van der Waals surface area contributed by atoms with Crippen LogP contribution in [0.2, 0.25) is 0 Å². The van der Waals surface area contributed by atoms with Crippen LogP contribution in [-0.2, 0) is 27.0 Å². The molecule has 1 aromatic carbocycles. The van der Waals surface area contributed by atoms with Crippen molar-refractivity contribution in [3.05, 3.63) is 29.3 Å². The third-order valence-electron chi connectivity index (χ3n) is 6.20. The fourth-order valence-corrected chi connectivity index (χ4v) is 6.05. The van der Waals surface area contributed by atoms with Gasteiger partial charge in [0.2, 0.25) is 0 Å². The summed E-state index contributed by atoms with van der Waals surface area (Å²) in [7, 11) is 0.321. The van der Waals surface area contributed by atoms with Crippen LogP contribution in [0, 0.1) is 0 Å². The van der Waals surface area contributed by atoms with E-state index in [9.17, 15) is 8.42 Å².